The van der Waals surface area contributed by atoms with Crippen molar-refractivity contribution in [2.75, 3.05) is 13.2 Å². The first kappa shape index (κ1) is 34.8. The van der Waals surface area contributed by atoms with Crippen molar-refractivity contribution in [3.8, 4) is 23.0 Å². The highest BCUT2D eigenvalue weighted by Crippen LogP contribution is 2.25. The van der Waals surface area contributed by atoms with Crippen molar-refractivity contribution in [1.82, 2.24) is 16.2 Å². The Hall–Kier alpha value is -3.42. The largest absolute Gasteiger partial charge is 0.508 e. The van der Waals surface area contributed by atoms with Crippen molar-refractivity contribution in [2.24, 2.45) is 0 Å². The Labute approximate surface area is 252 Å². The zero-order valence-electron chi connectivity index (χ0n) is 25.6. The van der Waals surface area contributed by atoms with Gasteiger partial charge in [-0.2, -0.15) is 0 Å². The Kier molecular flexibility index (Phi) is 19.2. The summed E-state index contributed by atoms with van der Waals surface area (Å²) in [6.45, 7) is 3.04. The molecule has 8 heteroatoms. The van der Waals surface area contributed by atoms with E-state index in [0.29, 0.717) is 23.8 Å². The maximum atomic E-state index is 12.0. The minimum absolute atomic E-state index is 0.102. The molecule has 0 fully saturated rings. The zero-order chi connectivity index (χ0) is 30.1. The van der Waals surface area contributed by atoms with Crippen LogP contribution in [0.15, 0.2) is 48.5 Å². The fourth-order valence-corrected chi connectivity index (χ4v) is 4.62. The Morgan fingerprint density at radius 3 is 1.60 bits per heavy atom. The molecule has 42 heavy (non-hydrogen) atoms. The van der Waals surface area contributed by atoms with Gasteiger partial charge in [-0.05, 0) is 55.0 Å². The van der Waals surface area contributed by atoms with Crippen LogP contribution in [0.1, 0.15) is 116 Å². The summed E-state index contributed by atoms with van der Waals surface area (Å²) in [5.41, 5.74) is 4.78. The molecule has 0 saturated heterocycles. The molecule has 0 bridgehead atoms. The van der Waals surface area contributed by atoms with Crippen molar-refractivity contribution < 1.29 is 24.2 Å². The second-order valence-electron chi connectivity index (χ2n) is 10.9. The van der Waals surface area contributed by atoms with Crippen LogP contribution >= 0.6 is 0 Å². The average molecular weight is 584 g/mol. The molecule has 0 heterocycles. The second kappa shape index (κ2) is 23.2. The van der Waals surface area contributed by atoms with Crippen molar-refractivity contribution >= 4 is 11.9 Å². The van der Waals surface area contributed by atoms with Crippen LogP contribution in [0.5, 0.6) is 23.0 Å². The van der Waals surface area contributed by atoms with E-state index in [4.69, 9.17) is 9.47 Å². The third kappa shape index (κ3) is 18.1. The highest BCUT2D eigenvalue weighted by atomic mass is 16.5. The molecular weight excluding hydrogens is 530 g/mol. The number of aromatic hydroxyl groups is 1. The zero-order valence-corrected chi connectivity index (χ0v) is 25.6. The van der Waals surface area contributed by atoms with Crippen molar-refractivity contribution in [3.05, 3.63) is 48.5 Å². The monoisotopic (exact) mass is 583 g/mol. The van der Waals surface area contributed by atoms with Crippen LogP contribution in [-0.2, 0) is 4.79 Å². The second-order valence-corrected chi connectivity index (χ2v) is 10.9. The number of hydrazine groups is 1. The maximum Gasteiger partial charge on any atom is 0.333 e. The average Bonchev–Trinajstić information content (AvgIpc) is 2.99. The van der Waals surface area contributed by atoms with E-state index in [-0.39, 0.29) is 24.7 Å². The number of nitrogens with one attached hydrogen (secondary N) is 3. The molecule has 0 aromatic heterocycles. The number of phenols is 1. The Bertz CT molecular complexity index is 966. The van der Waals surface area contributed by atoms with Crippen molar-refractivity contribution in [1.29, 1.82) is 0 Å². The van der Waals surface area contributed by atoms with Crippen LogP contribution < -0.4 is 25.6 Å². The van der Waals surface area contributed by atoms with Crippen LogP contribution in [0, 0.1) is 0 Å². The number of rotatable bonds is 23. The predicted octanol–water partition coefficient (Wildman–Crippen LogP) is 8.55. The van der Waals surface area contributed by atoms with Crippen LogP contribution in [0.25, 0.3) is 0 Å². The molecule has 0 unspecified atom stereocenters. The van der Waals surface area contributed by atoms with Gasteiger partial charge in [0.2, 0.25) is 5.91 Å². The molecular formula is C34H53N3O5. The molecule has 2 aromatic carbocycles. The minimum Gasteiger partial charge on any atom is -0.508 e. The topological polar surface area (TPSA) is 109 Å². The Morgan fingerprint density at radius 1 is 0.619 bits per heavy atom. The first-order chi connectivity index (χ1) is 20.6. The van der Waals surface area contributed by atoms with Gasteiger partial charge in [0, 0.05) is 6.54 Å². The molecule has 0 atom stereocenters. The molecule has 234 valence electrons. The third-order valence-electron chi connectivity index (χ3n) is 7.13. The lowest BCUT2D eigenvalue weighted by atomic mass is 10.0. The number of carbonyl (C=O) groups is 2. The van der Waals surface area contributed by atoms with Crippen LogP contribution in [0.3, 0.4) is 0 Å². The molecule has 4 N–H and O–H groups in total. The lowest BCUT2D eigenvalue weighted by Gasteiger charge is -2.10. The highest BCUT2D eigenvalue weighted by Gasteiger charge is 2.05. The van der Waals surface area contributed by atoms with Gasteiger partial charge in [0.25, 0.3) is 0 Å². The molecule has 0 spiro atoms. The van der Waals surface area contributed by atoms with Gasteiger partial charge in [-0.1, -0.05) is 103 Å². The fraction of sp³-hybridized carbons (Fsp3) is 0.588. The molecule has 0 aliphatic carbocycles. The molecule has 0 saturated carbocycles. The summed E-state index contributed by atoms with van der Waals surface area (Å²) in [7, 11) is 0. The molecule has 0 radical (unpaired) electrons. The van der Waals surface area contributed by atoms with Gasteiger partial charge in [-0.25, -0.2) is 10.2 Å². The molecule has 2 aromatic rings. The van der Waals surface area contributed by atoms with E-state index in [2.05, 4.69) is 23.1 Å². The van der Waals surface area contributed by atoms with Crippen LogP contribution in [-0.4, -0.2) is 30.2 Å². The molecule has 2 rings (SSSR count). The summed E-state index contributed by atoms with van der Waals surface area (Å²) in [6, 6.07) is 13.1. The Balaban J connectivity index is 1.36. The van der Waals surface area contributed by atoms with Crippen LogP contribution in [0.2, 0.25) is 0 Å². The number of hydrogen-bond donors (Lipinski definition) is 4. The van der Waals surface area contributed by atoms with Gasteiger partial charge in [0.05, 0.1) is 13.0 Å². The molecule has 8 nitrogen and oxygen atoms in total. The van der Waals surface area contributed by atoms with E-state index in [1.165, 1.54) is 89.9 Å². The smallest absolute Gasteiger partial charge is 0.333 e. The van der Waals surface area contributed by atoms with E-state index in [0.717, 1.165) is 12.8 Å². The molecule has 0 aliphatic heterocycles. The van der Waals surface area contributed by atoms with E-state index >= 15 is 0 Å². The number of benzene rings is 2. The summed E-state index contributed by atoms with van der Waals surface area (Å²) in [5, 5.41) is 12.1. The molecule has 3 amide bonds. The normalized spacial score (nSPS) is 10.7. The lowest BCUT2D eigenvalue weighted by molar-refractivity contribution is -0.122. The minimum atomic E-state index is -0.408. The number of ether oxygens (including phenoxy) is 2. The van der Waals surface area contributed by atoms with Gasteiger partial charge >= 0.3 is 6.03 Å². The fourth-order valence-electron chi connectivity index (χ4n) is 4.62. The lowest BCUT2D eigenvalue weighted by Crippen LogP contribution is -2.47. The van der Waals surface area contributed by atoms with Crippen LogP contribution in [0.4, 0.5) is 4.79 Å². The van der Waals surface area contributed by atoms with E-state index in [1.54, 1.807) is 48.5 Å². The number of amides is 3. The third-order valence-corrected chi connectivity index (χ3v) is 7.13. The van der Waals surface area contributed by atoms with Gasteiger partial charge < -0.3 is 19.9 Å². The van der Waals surface area contributed by atoms with Crippen molar-refractivity contribution in [2.45, 2.75) is 116 Å². The van der Waals surface area contributed by atoms with Crippen molar-refractivity contribution in [3.63, 3.8) is 0 Å². The first-order valence-electron chi connectivity index (χ1n) is 16.1. The Morgan fingerprint density at radius 2 is 1.07 bits per heavy atom. The number of hydrogen-bond acceptors (Lipinski definition) is 5. The molecule has 0 aliphatic rings. The summed E-state index contributed by atoms with van der Waals surface area (Å²) in [6.07, 6.45) is 21.2. The summed E-state index contributed by atoms with van der Waals surface area (Å²) < 4.78 is 11.3. The quantitative estimate of drug-likeness (QED) is 0.0774. The van der Waals surface area contributed by atoms with E-state index in [9.17, 15) is 14.7 Å². The SMILES string of the molecule is CCCCCCCCCCCCCCCCCCNC(=O)NNC(=O)CCOc1ccc(Oc2ccc(O)cc2)cc1. The highest BCUT2D eigenvalue weighted by molar-refractivity contribution is 5.81. The van der Waals surface area contributed by atoms with Gasteiger partial charge in [-0.3, -0.25) is 10.2 Å². The van der Waals surface area contributed by atoms with E-state index < -0.39 is 6.03 Å². The first-order valence-corrected chi connectivity index (χ1v) is 16.1. The number of carbonyl (C=O) groups excluding carboxylic acids is 2. The standard InChI is InChI=1S/C34H53N3O5/c1-2-3-4-5-6-7-8-9-10-11-12-13-14-15-16-17-27-35-34(40)37-36-33(39)26-28-41-30-22-24-32(25-23-30)42-31-20-18-29(38)19-21-31/h18-25,38H,2-17,26-28H2,1H3,(H,36,39)(H2,35,37,40). The number of phenolic OH excluding ortho intramolecular Hbond substituents is 1. The number of urea groups is 1. The number of unbranched alkanes of at least 4 members (excludes halogenated alkanes) is 15. The van der Waals surface area contributed by atoms with Gasteiger partial charge in [0.1, 0.15) is 23.0 Å². The summed E-state index contributed by atoms with van der Waals surface area (Å²) in [5.74, 6) is 1.68. The summed E-state index contributed by atoms with van der Waals surface area (Å²) in [4.78, 5) is 23.9. The maximum absolute atomic E-state index is 12.0. The van der Waals surface area contributed by atoms with E-state index in [1.807, 2.05) is 0 Å². The van der Waals surface area contributed by atoms with Gasteiger partial charge in [-0.15, -0.1) is 0 Å². The van der Waals surface area contributed by atoms with Gasteiger partial charge in [0.15, 0.2) is 0 Å². The predicted molar refractivity (Wildman–Crippen MR) is 169 cm³/mol. The summed E-state index contributed by atoms with van der Waals surface area (Å²) >= 11 is 0.